The quantitative estimate of drug-likeness (QED) is 0.329. The van der Waals surface area contributed by atoms with E-state index in [1.807, 2.05) is 67.6 Å². The molecule has 5 aromatic rings. The number of benzene rings is 3. The highest BCUT2D eigenvalue weighted by molar-refractivity contribution is 7.91. The predicted molar refractivity (Wildman–Crippen MR) is 135 cm³/mol. The molecule has 0 aliphatic heterocycles. The molecule has 178 valence electrons. The van der Waals surface area contributed by atoms with Crippen molar-refractivity contribution >= 4 is 37.9 Å². The maximum atomic E-state index is 13.5. The van der Waals surface area contributed by atoms with Gasteiger partial charge in [-0.1, -0.05) is 55.5 Å². The Balaban J connectivity index is 1.68. The van der Waals surface area contributed by atoms with Crippen LogP contribution in [0.2, 0.25) is 0 Å². The molecular weight excluding hydrogens is 462 g/mol. The van der Waals surface area contributed by atoms with Crippen LogP contribution in [-0.4, -0.2) is 34.8 Å². The van der Waals surface area contributed by atoms with Crippen molar-refractivity contribution in [3.8, 4) is 5.75 Å². The zero-order chi connectivity index (χ0) is 24.6. The first kappa shape index (κ1) is 22.8. The van der Waals surface area contributed by atoms with Crippen molar-refractivity contribution in [3.63, 3.8) is 0 Å². The lowest BCUT2D eigenvalue weighted by Crippen LogP contribution is -2.06. The first-order valence-corrected chi connectivity index (χ1v) is 12.9. The van der Waals surface area contributed by atoms with Gasteiger partial charge in [0, 0.05) is 5.39 Å². The molecule has 0 saturated carbocycles. The number of hydrogen-bond acceptors (Lipinski definition) is 7. The molecule has 0 aliphatic rings. The van der Waals surface area contributed by atoms with Crippen LogP contribution in [0.15, 0.2) is 82.7 Å². The summed E-state index contributed by atoms with van der Waals surface area (Å²) in [6.07, 6.45) is 0. The maximum Gasteiger partial charge on any atom is 0.229 e. The Labute approximate surface area is 203 Å². The maximum absolute atomic E-state index is 13.5. The van der Waals surface area contributed by atoms with Gasteiger partial charge in [-0.2, -0.15) is 4.52 Å². The van der Waals surface area contributed by atoms with Crippen LogP contribution in [-0.2, 0) is 9.84 Å². The number of sulfone groups is 1. The lowest BCUT2D eigenvalue weighted by Gasteiger charge is -2.14. The van der Waals surface area contributed by atoms with E-state index < -0.39 is 9.84 Å². The molecule has 5 rings (SSSR count). The third kappa shape index (κ3) is 4.08. The van der Waals surface area contributed by atoms with Crippen LogP contribution < -0.4 is 10.1 Å². The molecule has 8 nitrogen and oxygen atoms in total. The van der Waals surface area contributed by atoms with Crippen molar-refractivity contribution in [3.05, 3.63) is 78.4 Å². The van der Waals surface area contributed by atoms with E-state index in [2.05, 4.69) is 34.5 Å². The highest BCUT2D eigenvalue weighted by Crippen LogP contribution is 2.32. The third-order valence-electron chi connectivity index (χ3n) is 5.77. The Hall–Kier alpha value is -3.98. The van der Waals surface area contributed by atoms with Crippen LogP contribution >= 0.6 is 0 Å². The van der Waals surface area contributed by atoms with E-state index in [0.717, 1.165) is 16.6 Å². The van der Waals surface area contributed by atoms with Crippen molar-refractivity contribution in [2.75, 3.05) is 11.9 Å². The van der Waals surface area contributed by atoms with Gasteiger partial charge in [-0.25, -0.2) is 13.4 Å². The van der Waals surface area contributed by atoms with Crippen molar-refractivity contribution in [1.82, 2.24) is 19.8 Å². The van der Waals surface area contributed by atoms with Crippen molar-refractivity contribution < 1.29 is 13.2 Å². The molecule has 0 saturated heterocycles. The molecule has 0 amide bonds. The highest BCUT2D eigenvalue weighted by Gasteiger charge is 2.27. The summed E-state index contributed by atoms with van der Waals surface area (Å²) < 4.78 is 34.3. The number of anilines is 2. The van der Waals surface area contributed by atoms with Gasteiger partial charge in [0.05, 0.1) is 22.7 Å². The van der Waals surface area contributed by atoms with Crippen molar-refractivity contribution in [1.29, 1.82) is 0 Å². The molecule has 0 aliphatic carbocycles. The molecule has 0 atom stereocenters. The Kier molecular flexibility index (Phi) is 5.86. The molecule has 2 heterocycles. The van der Waals surface area contributed by atoms with E-state index in [9.17, 15) is 8.42 Å². The van der Waals surface area contributed by atoms with Crippen LogP contribution in [0.5, 0.6) is 5.75 Å². The molecule has 0 radical (unpaired) electrons. The SMILES string of the molecule is CCOc1ccccc1Nc1nc2c(S(=O)(=O)c3ccc(C(C)C)cc3)nnn2c2ccccc12. The monoisotopic (exact) mass is 487 g/mol. The molecular formula is C26H25N5O3S. The average molecular weight is 488 g/mol. The van der Waals surface area contributed by atoms with Gasteiger partial charge in [0.15, 0.2) is 5.65 Å². The summed E-state index contributed by atoms with van der Waals surface area (Å²) in [6, 6.07) is 21.9. The van der Waals surface area contributed by atoms with Gasteiger partial charge in [-0.3, -0.25) is 0 Å². The van der Waals surface area contributed by atoms with Gasteiger partial charge in [0.1, 0.15) is 11.6 Å². The summed E-state index contributed by atoms with van der Waals surface area (Å²) in [5.74, 6) is 1.45. The number of nitrogens with one attached hydrogen (secondary N) is 1. The second-order valence-electron chi connectivity index (χ2n) is 8.39. The van der Waals surface area contributed by atoms with Crippen LogP contribution in [0.1, 0.15) is 32.3 Å². The Morgan fingerprint density at radius 2 is 1.69 bits per heavy atom. The van der Waals surface area contributed by atoms with Crippen LogP contribution in [0.3, 0.4) is 0 Å². The van der Waals surface area contributed by atoms with E-state index in [1.165, 1.54) is 4.52 Å². The fraction of sp³-hybridized carbons (Fsp3) is 0.192. The number of nitrogens with zero attached hydrogens (tertiary/aromatic N) is 4. The molecule has 35 heavy (non-hydrogen) atoms. The van der Waals surface area contributed by atoms with Gasteiger partial charge >= 0.3 is 0 Å². The molecule has 0 bridgehead atoms. The van der Waals surface area contributed by atoms with Gasteiger partial charge in [-0.05, 0) is 54.8 Å². The minimum absolute atomic E-state index is 0.146. The minimum atomic E-state index is -3.95. The van der Waals surface area contributed by atoms with Gasteiger partial charge in [0.25, 0.3) is 0 Å². The molecule has 9 heteroatoms. The van der Waals surface area contributed by atoms with Gasteiger partial charge < -0.3 is 10.1 Å². The Bertz CT molecular complexity index is 1630. The first-order chi connectivity index (χ1) is 16.9. The number of hydrogen-bond donors (Lipinski definition) is 1. The van der Waals surface area contributed by atoms with Crippen LogP contribution in [0.25, 0.3) is 16.6 Å². The summed E-state index contributed by atoms with van der Waals surface area (Å²) >= 11 is 0. The largest absolute Gasteiger partial charge is 0.492 e. The fourth-order valence-corrected chi connectivity index (χ4v) is 5.17. The lowest BCUT2D eigenvalue weighted by molar-refractivity contribution is 0.342. The summed E-state index contributed by atoms with van der Waals surface area (Å²) in [5, 5.41) is 12.1. The molecule has 0 unspecified atom stereocenters. The van der Waals surface area contributed by atoms with E-state index >= 15 is 0 Å². The summed E-state index contributed by atoms with van der Waals surface area (Å²) in [7, 11) is -3.95. The smallest absolute Gasteiger partial charge is 0.229 e. The summed E-state index contributed by atoms with van der Waals surface area (Å²) in [4.78, 5) is 4.84. The Morgan fingerprint density at radius 1 is 0.971 bits per heavy atom. The van der Waals surface area contributed by atoms with E-state index in [0.29, 0.717) is 29.6 Å². The van der Waals surface area contributed by atoms with Gasteiger partial charge in [0.2, 0.25) is 14.9 Å². The minimum Gasteiger partial charge on any atom is -0.492 e. The molecule has 0 fully saturated rings. The highest BCUT2D eigenvalue weighted by atomic mass is 32.2. The van der Waals surface area contributed by atoms with Gasteiger partial charge in [-0.15, -0.1) is 5.10 Å². The predicted octanol–water partition coefficient (Wildman–Crippen LogP) is 5.38. The number of ether oxygens (including phenoxy) is 1. The van der Waals surface area contributed by atoms with Crippen molar-refractivity contribution in [2.24, 2.45) is 0 Å². The Morgan fingerprint density at radius 3 is 2.43 bits per heavy atom. The number of rotatable bonds is 7. The second-order valence-corrected chi connectivity index (χ2v) is 10.3. The summed E-state index contributed by atoms with van der Waals surface area (Å²) in [6.45, 7) is 6.54. The molecule has 3 aromatic carbocycles. The standard InChI is InChI=1S/C26H25N5O3S/c1-4-34-23-12-8-6-10-21(23)27-24-20-9-5-7-11-22(20)31-25(28-24)26(29-30-31)35(32,33)19-15-13-18(14-16-19)17(2)3/h5-17H,4H2,1-3H3,(H,27,28). The normalized spacial score (nSPS) is 11.9. The third-order valence-corrected chi connectivity index (χ3v) is 7.44. The van der Waals surface area contributed by atoms with Crippen LogP contribution in [0, 0.1) is 0 Å². The second kappa shape index (κ2) is 8.99. The molecule has 0 spiro atoms. The fourth-order valence-electron chi connectivity index (χ4n) is 3.94. The van der Waals surface area contributed by atoms with Crippen molar-refractivity contribution in [2.45, 2.75) is 36.6 Å². The number of para-hydroxylation sites is 3. The molecule has 2 aromatic heterocycles. The zero-order valence-corrected chi connectivity index (χ0v) is 20.5. The lowest BCUT2D eigenvalue weighted by atomic mass is 10.0. The average Bonchev–Trinajstić information content (AvgIpc) is 3.30. The van der Waals surface area contributed by atoms with Crippen LogP contribution in [0.4, 0.5) is 11.5 Å². The van der Waals surface area contributed by atoms with E-state index in [4.69, 9.17) is 4.74 Å². The number of fused-ring (bicyclic) bond motifs is 3. The van der Waals surface area contributed by atoms with E-state index in [1.54, 1.807) is 12.1 Å². The topological polar surface area (TPSA) is 98.5 Å². The number of aromatic nitrogens is 4. The summed E-state index contributed by atoms with van der Waals surface area (Å²) in [5.41, 5.74) is 2.60. The van der Waals surface area contributed by atoms with E-state index in [-0.39, 0.29) is 15.6 Å². The zero-order valence-electron chi connectivity index (χ0n) is 19.6. The first-order valence-electron chi connectivity index (χ1n) is 11.4. The molecule has 1 N–H and O–H groups in total.